The van der Waals surface area contributed by atoms with Crippen molar-refractivity contribution in [3.8, 4) is 11.4 Å². The van der Waals surface area contributed by atoms with Crippen LogP contribution in [0.25, 0.3) is 11.8 Å². The Hall–Kier alpha value is -3.63. The molecule has 0 radical (unpaired) electrons. The summed E-state index contributed by atoms with van der Waals surface area (Å²) in [6, 6.07) is 10.3. The van der Waals surface area contributed by atoms with Crippen LogP contribution in [0.3, 0.4) is 0 Å². The number of carbonyl (C=O) groups is 1. The number of hydrogen-bond donors (Lipinski definition) is 1. The Bertz CT molecular complexity index is 1410. The molecule has 0 atom stereocenters. The smallest absolute Gasteiger partial charge is 0.343 e. The summed E-state index contributed by atoms with van der Waals surface area (Å²) in [5.74, 6) is -1.10. The molecule has 3 aromatic rings. The topological polar surface area (TPSA) is 89.9 Å². The number of hydrogen-bond acceptors (Lipinski definition) is 6. The van der Waals surface area contributed by atoms with Crippen LogP contribution in [-0.2, 0) is 21.4 Å². The van der Waals surface area contributed by atoms with Crippen molar-refractivity contribution < 1.29 is 27.1 Å². The van der Waals surface area contributed by atoms with E-state index in [1.165, 1.54) is 19.2 Å². The molecule has 0 aliphatic carbocycles. The molecule has 8 nitrogen and oxygen atoms in total. The molecule has 1 aromatic heterocycles. The van der Waals surface area contributed by atoms with Crippen molar-refractivity contribution in [1.82, 2.24) is 9.47 Å². The van der Waals surface area contributed by atoms with Gasteiger partial charge in [-0.2, -0.15) is 0 Å². The fraction of sp³-hybridized carbons (Fsp3) is 0.269. The van der Waals surface area contributed by atoms with Crippen LogP contribution in [0.15, 0.2) is 59.6 Å². The number of anilines is 1. The van der Waals surface area contributed by atoms with E-state index in [1.54, 1.807) is 18.2 Å². The number of halogens is 1. The van der Waals surface area contributed by atoms with Gasteiger partial charge in [0.1, 0.15) is 18.0 Å². The Balaban J connectivity index is 1.73. The van der Waals surface area contributed by atoms with Gasteiger partial charge < -0.3 is 18.9 Å². The molecule has 0 saturated heterocycles. The van der Waals surface area contributed by atoms with Crippen LogP contribution >= 0.6 is 0 Å². The molecule has 1 aliphatic heterocycles. The van der Waals surface area contributed by atoms with Gasteiger partial charge in [-0.25, -0.2) is 17.6 Å². The van der Waals surface area contributed by atoms with E-state index >= 15 is 0 Å². The quantitative estimate of drug-likeness (QED) is 0.425. The third-order valence-corrected chi connectivity index (χ3v) is 7.48. The molecule has 10 heteroatoms. The number of fused-ring (bicyclic) bond motifs is 3. The summed E-state index contributed by atoms with van der Waals surface area (Å²) in [7, 11) is -3.00. The van der Waals surface area contributed by atoms with E-state index in [0.717, 1.165) is 30.9 Å². The first-order valence-electron chi connectivity index (χ1n) is 11.5. The van der Waals surface area contributed by atoms with Crippen LogP contribution in [0, 0.1) is 5.82 Å². The Morgan fingerprint density at radius 2 is 2.00 bits per heavy atom. The van der Waals surface area contributed by atoms with E-state index in [0.29, 0.717) is 12.2 Å². The van der Waals surface area contributed by atoms with Crippen LogP contribution in [-0.4, -0.2) is 50.6 Å². The molecule has 0 unspecified atom stereocenters. The molecule has 4 rings (SSSR count). The van der Waals surface area contributed by atoms with Gasteiger partial charge in [-0.3, -0.25) is 4.72 Å². The van der Waals surface area contributed by atoms with Crippen molar-refractivity contribution in [2.24, 2.45) is 0 Å². The van der Waals surface area contributed by atoms with E-state index in [4.69, 9.17) is 9.47 Å². The molecule has 0 fully saturated rings. The highest BCUT2D eigenvalue weighted by Gasteiger charge is 2.29. The van der Waals surface area contributed by atoms with Gasteiger partial charge in [0.2, 0.25) is 0 Å². The summed E-state index contributed by atoms with van der Waals surface area (Å²) in [6.07, 6.45) is 5.21. The lowest BCUT2D eigenvalue weighted by Crippen LogP contribution is -2.22. The third-order valence-electron chi connectivity index (χ3n) is 6.04. The molecule has 190 valence electrons. The average Bonchev–Trinajstić information content (AvgIpc) is 3.35. The number of ether oxygens (including phenoxy) is 2. The minimum atomic E-state index is -4.21. The summed E-state index contributed by atoms with van der Waals surface area (Å²) in [5.41, 5.74) is 1.63. The standard InChI is InChI=1S/C26H28FN3O5S/c1-4-29(5-2)14-6-8-18-16-19(27)10-13-23(18)36(32,33)28-21-11-12-22-25(24(21)26(31)34-3)35-17-20-9-7-15-30(20)22/h6-13,15-16,28H,4-5,14,17H2,1-3H3/b8-6-. The number of carbonyl (C=O) groups excluding carboxylic acids is 1. The highest BCUT2D eigenvalue weighted by Crippen LogP contribution is 2.39. The first-order chi connectivity index (χ1) is 17.3. The number of sulfonamides is 1. The molecule has 0 saturated carbocycles. The number of likely N-dealkylation sites (N-methyl/N-ethyl adjacent to an activating group) is 1. The number of rotatable bonds is 9. The van der Waals surface area contributed by atoms with Crippen molar-refractivity contribution in [3.05, 3.63) is 77.4 Å². The second-order valence-electron chi connectivity index (χ2n) is 8.16. The summed E-state index contributed by atoms with van der Waals surface area (Å²) in [6.45, 7) is 6.51. The van der Waals surface area contributed by atoms with Gasteiger partial charge in [-0.05, 0) is 61.1 Å². The number of nitrogens with zero attached hydrogens (tertiary/aromatic N) is 2. The first kappa shape index (κ1) is 25.5. The lowest BCUT2D eigenvalue weighted by atomic mass is 10.1. The van der Waals surface area contributed by atoms with Crippen LogP contribution < -0.4 is 9.46 Å². The van der Waals surface area contributed by atoms with Crippen LogP contribution in [0.2, 0.25) is 0 Å². The molecule has 0 bridgehead atoms. The van der Waals surface area contributed by atoms with Gasteiger partial charge in [0.05, 0.1) is 29.1 Å². The summed E-state index contributed by atoms with van der Waals surface area (Å²) < 4.78 is 56.1. The van der Waals surface area contributed by atoms with Gasteiger partial charge in [-0.1, -0.05) is 26.0 Å². The van der Waals surface area contributed by atoms with Crippen LogP contribution in [0.4, 0.5) is 10.1 Å². The third kappa shape index (κ3) is 5.00. The van der Waals surface area contributed by atoms with Crippen molar-refractivity contribution in [2.75, 3.05) is 31.5 Å². The predicted octanol–water partition coefficient (Wildman–Crippen LogP) is 4.45. The Kier molecular flexibility index (Phi) is 7.46. The number of nitrogens with one attached hydrogen (secondary N) is 1. The Labute approximate surface area is 210 Å². The fourth-order valence-corrected chi connectivity index (χ4v) is 5.37. The summed E-state index contributed by atoms with van der Waals surface area (Å²) >= 11 is 0. The van der Waals surface area contributed by atoms with Gasteiger partial charge in [0.25, 0.3) is 10.0 Å². The van der Waals surface area contributed by atoms with Crippen LogP contribution in [0.1, 0.15) is 35.5 Å². The minimum absolute atomic E-state index is 0.00129. The normalized spacial score (nSPS) is 12.8. The second kappa shape index (κ2) is 10.5. The van der Waals surface area contributed by atoms with Crippen LogP contribution in [0.5, 0.6) is 5.75 Å². The number of esters is 1. The zero-order valence-corrected chi connectivity index (χ0v) is 21.1. The monoisotopic (exact) mass is 513 g/mol. The highest BCUT2D eigenvalue weighted by molar-refractivity contribution is 7.92. The molecule has 0 spiro atoms. The largest absolute Gasteiger partial charge is 0.484 e. The maximum atomic E-state index is 14.0. The number of methoxy groups -OCH3 is 1. The maximum Gasteiger partial charge on any atom is 0.343 e. The number of aromatic nitrogens is 1. The summed E-state index contributed by atoms with van der Waals surface area (Å²) in [5, 5.41) is 0. The van der Waals surface area contributed by atoms with Crippen molar-refractivity contribution in [2.45, 2.75) is 25.3 Å². The Morgan fingerprint density at radius 3 is 2.72 bits per heavy atom. The molecule has 0 amide bonds. The lowest BCUT2D eigenvalue weighted by Gasteiger charge is -2.24. The van der Waals surface area contributed by atoms with Crippen molar-refractivity contribution in [1.29, 1.82) is 0 Å². The fourth-order valence-electron chi connectivity index (χ4n) is 4.12. The van der Waals surface area contributed by atoms with Gasteiger partial charge in [0, 0.05) is 12.7 Å². The maximum absolute atomic E-state index is 14.0. The van der Waals surface area contributed by atoms with Gasteiger partial charge in [-0.15, -0.1) is 0 Å². The summed E-state index contributed by atoms with van der Waals surface area (Å²) in [4.78, 5) is 14.8. The zero-order valence-electron chi connectivity index (χ0n) is 20.3. The van der Waals surface area contributed by atoms with Gasteiger partial charge in [0.15, 0.2) is 5.75 Å². The second-order valence-corrected chi connectivity index (χ2v) is 9.81. The highest BCUT2D eigenvalue weighted by atomic mass is 32.2. The molecular formula is C26H28FN3O5S. The van der Waals surface area contributed by atoms with E-state index < -0.39 is 21.8 Å². The molecule has 2 heterocycles. The number of benzene rings is 2. The van der Waals surface area contributed by atoms with Crippen molar-refractivity contribution in [3.63, 3.8) is 0 Å². The van der Waals surface area contributed by atoms with E-state index in [-0.39, 0.29) is 34.1 Å². The first-order valence-corrected chi connectivity index (χ1v) is 13.0. The van der Waals surface area contributed by atoms with Gasteiger partial charge >= 0.3 is 5.97 Å². The van der Waals surface area contributed by atoms with E-state index in [2.05, 4.69) is 9.62 Å². The molecule has 1 N–H and O–H groups in total. The van der Waals surface area contributed by atoms with Crippen molar-refractivity contribution >= 4 is 27.8 Å². The minimum Gasteiger partial charge on any atom is -0.484 e. The van der Waals surface area contributed by atoms with E-state index in [9.17, 15) is 17.6 Å². The molecular weight excluding hydrogens is 485 g/mol. The van der Waals surface area contributed by atoms with E-state index in [1.807, 2.05) is 36.7 Å². The SMILES string of the molecule is CCN(CC)C/C=C\c1cc(F)ccc1S(=O)(=O)Nc1ccc2c(c1C(=O)OC)OCc1cccn1-2. The molecule has 36 heavy (non-hydrogen) atoms. The lowest BCUT2D eigenvalue weighted by molar-refractivity contribution is 0.0596. The zero-order chi connectivity index (χ0) is 25.9. The molecule has 2 aromatic carbocycles. The molecule has 1 aliphatic rings. The predicted molar refractivity (Wildman–Crippen MR) is 135 cm³/mol. The average molecular weight is 514 g/mol. The Morgan fingerprint density at radius 1 is 1.22 bits per heavy atom.